The van der Waals surface area contributed by atoms with E-state index in [1.807, 2.05) is 6.07 Å². The lowest BCUT2D eigenvalue weighted by Crippen LogP contribution is -1.96. The molecular weight excluding hydrogens is 282 g/mol. The second kappa shape index (κ2) is 5.77. The Hall–Kier alpha value is -3.02. The third kappa shape index (κ3) is 2.46. The summed E-state index contributed by atoms with van der Waals surface area (Å²) in [5, 5.41) is 0.783. The van der Waals surface area contributed by atoms with Gasteiger partial charge in [0.1, 0.15) is 5.75 Å². The lowest BCUT2D eigenvalue weighted by Gasteiger charge is -2.12. The molecule has 1 aromatic carbocycles. The van der Waals surface area contributed by atoms with Crippen LogP contribution in [0.25, 0.3) is 10.9 Å². The summed E-state index contributed by atoms with van der Waals surface area (Å²) in [6.45, 7) is 0. The molecule has 0 aliphatic rings. The molecule has 2 heterocycles. The lowest BCUT2D eigenvalue weighted by molar-refractivity contribution is 0.355. The number of nitrogens with zero attached hydrogens (tertiary/aromatic N) is 2. The molecule has 0 unspecified atom stereocenters. The zero-order valence-corrected chi connectivity index (χ0v) is 12.2. The van der Waals surface area contributed by atoms with Crippen LogP contribution in [0.5, 0.6) is 23.1 Å². The molecule has 0 amide bonds. The topological polar surface area (TPSA) is 79.5 Å². The number of hydrogen-bond donors (Lipinski definition) is 1. The van der Waals surface area contributed by atoms with Crippen LogP contribution in [0.3, 0.4) is 0 Å². The van der Waals surface area contributed by atoms with E-state index in [0.29, 0.717) is 28.8 Å². The SMILES string of the molecule is COc1cc2nccc(Oc3ncccc3N)c2cc1OC. The van der Waals surface area contributed by atoms with E-state index in [-0.39, 0.29) is 0 Å². The molecule has 0 aliphatic heterocycles. The molecular formula is C16H15N3O3. The largest absolute Gasteiger partial charge is 0.493 e. The van der Waals surface area contributed by atoms with Crippen molar-refractivity contribution in [2.24, 2.45) is 0 Å². The van der Waals surface area contributed by atoms with Crippen molar-refractivity contribution in [3.8, 4) is 23.1 Å². The van der Waals surface area contributed by atoms with Gasteiger partial charge in [-0.1, -0.05) is 0 Å². The number of fused-ring (bicyclic) bond motifs is 1. The minimum absolute atomic E-state index is 0.352. The summed E-state index contributed by atoms with van der Waals surface area (Å²) in [7, 11) is 3.16. The summed E-state index contributed by atoms with van der Waals surface area (Å²) in [6.07, 6.45) is 3.28. The van der Waals surface area contributed by atoms with Crippen LogP contribution in [0.4, 0.5) is 5.69 Å². The number of anilines is 1. The fourth-order valence-electron chi connectivity index (χ4n) is 2.13. The van der Waals surface area contributed by atoms with Crippen molar-refractivity contribution < 1.29 is 14.2 Å². The Morgan fingerprint density at radius 2 is 1.68 bits per heavy atom. The van der Waals surface area contributed by atoms with Gasteiger partial charge in [-0.2, -0.15) is 0 Å². The molecule has 2 aromatic heterocycles. The van der Waals surface area contributed by atoms with Gasteiger partial charge in [0.15, 0.2) is 11.5 Å². The van der Waals surface area contributed by atoms with Crippen molar-refractivity contribution in [3.63, 3.8) is 0 Å². The Balaban J connectivity index is 2.12. The fourth-order valence-corrected chi connectivity index (χ4v) is 2.13. The summed E-state index contributed by atoms with van der Waals surface area (Å²) in [4.78, 5) is 8.46. The Bertz CT molecular complexity index is 821. The first-order valence-electron chi connectivity index (χ1n) is 6.62. The molecule has 0 radical (unpaired) electrons. The van der Waals surface area contributed by atoms with E-state index in [1.54, 1.807) is 50.9 Å². The molecule has 3 rings (SSSR count). The smallest absolute Gasteiger partial charge is 0.242 e. The number of ether oxygens (including phenoxy) is 3. The van der Waals surface area contributed by atoms with Gasteiger partial charge >= 0.3 is 0 Å². The Morgan fingerprint density at radius 1 is 0.909 bits per heavy atom. The molecule has 0 saturated carbocycles. The third-order valence-corrected chi connectivity index (χ3v) is 3.21. The number of methoxy groups -OCH3 is 2. The maximum atomic E-state index is 5.87. The number of benzene rings is 1. The molecule has 0 bridgehead atoms. The van der Waals surface area contributed by atoms with Gasteiger partial charge in [-0.25, -0.2) is 4.98 Å². The number of aromatic nitrogens is 2. The van der Waals surface area contributed by atoms with E-state index in [0.717, 1.165) is 10.9 Å². The molecule has 112 valence electrons. The molecule has 3 aromatic rings. The van der Waals surface area contributed by atoms with Crippen molar-refractivity contribution >= 4 is 16.6 Å². The van der Waals surface area contributed by atoms with Gasteiger partial charge < -0.3 is 19.9 Å². The maximum absolute atomic E-state index is 5.87. The van der Waals surface area contributed by atoms with Crippen molar-refractivity contribution in [2.45, 2.75) is 0 Å². The van der Waals surface area contributed by atoms with Gasteiger partial charge in [0.2, 0.25) is 5.88 Å². The number of nitrogens with two attached hydrogens (primary N) is 1. The number of rotatable bonds is 4. The predicted molar refractivity (Wildman–Crippen MR) is 83.6 cm³/mol. The van der Waals surface area contributed by atoms with Gasteiger partial charge in [-0.15, -0.1) is 0 Å². The zero-order valence-electron chi connectivity index (χ0n) is 12.2. The first kappa shape index (κ1) is 13.9. The zero-order chi connectivity index (χ0) is 15.5. The van der Waals surface area contributed by atoms with E-state index in [9.17, 15) is 0 Å². The van der Waals surface area contributed by atoms with Crippen molar-refractivity contribution in [1.82, 2.24) is 9.97 Å². The van der Waals surface area contributed by atoms with E-state index in [1.165, 1.54) is 0 Å². The second-order valence-electron chi connectivity index (χ2n) is 4.53. The molecule has 0 atom stereocenters. The molecule has 0 saturated heterocycles. The van der Waals surface area contributed by atoms with Gasteiger partial charge in [0.25, 0.3) is 0 Å². The summed E-state index contributed by atoms with van der Waals surface area (Å²) in [5.74, 6) is 2.15. The summed E-state index contributed by atoms with van der Waals surface area (Å²) in [5.41, 5.74) is 7.06. The molecule has 22 heavy (non-hydrogen) atoms. The lowest BCUT2D eigenvalue weighted by atomic mass is 10.2. The highest BCUT2D eigenvalue weighted by Crippen LogP contribution is 2.37. The van der Waals surface area contributed by atoms with Crippen LogP contribution in [-0.4, -0.2) is 24.2 Å². The number of hydrogen-bond acceptors (Lipinski definition) is 6. The molecule has 6 heteroatoms. The minimum atomic E-state index is 0.352. The summed E-state index contributed by atoms with van der Waals surface area (Å²) < 4.78 is 16.4. The Labute approximate surface area is 127 Å². The van der Waals surface area contributed by atoms with E-state index in [4.69, 9.17) is 19.9 Å². The molecule has 2 N–H and O–H groups in total. The standard InChI is InChI=1S/C16H15N3O3/c1-20-14-8-10-12(9-15(14)21-2)18-7-5-13(10)22-16-11(17)4-3-6-19-16/h3-9H,17H2,1-2H3. The van der Waals surface area contributed by atoms with Gasteiger partial charge in [0, 0.05) is 23.8 Å². The monoisotopic (exact) mass is 297 g/mol. The third-order valence-electron chi connectivity index (χ3n) is 3.21. The van der Waals surface area contributed by atoms with Gasteiger partial charge in [-0.3, -0.25) is 4.98 Å². The summed E-state index contributed by atoms with van der Waals surface area (Å²) in [6, 6.07) is 8.84. The van der Waals surface area contributed by atoms with Crippen LogP contribution in [0.15, 0.2) is 42.7 Å². The number of pyridine rings is 2. The highest BCUT2D eigenvalue weighted by molar-refractivity contribution is 5.88. The number of nitrogen functional groups attached to an aromatic ring is 1. The Morgan fingerprint density at radius 3 is 2.41 bits per heavy atom. The normalized spacial score (nSPS) is 10.5. The summed E-state index contributed by atoms with van der Waals surface area (Å²) >= 11 is 0. The molecule has 6 nitrogen and oxygen atoms in total. The van der Waals surface area contributed by atoms with Crippen LogP contribution in [0.1, 0.15) is 0 Å². The van der Waals surface area contributed by atoms with E-state index < -0.39 is 0 Å². The highest BCUT2D eigenvalue weighted by Gasteiger charge is 2.12. The van der Waals surface area contributed by atoms with Crippen molar-refractivity contribution in [2.75, 3.05) is 20.0 Å². The maximum Gasteiger partial charge on any atom is 0.242 e. The quantitative estimate of drug-likeness (QED) is 0.797. The van der Waals surface area contributed by atoms with E-state index in [2.05, 4.69) is 9.97 Å². The highest BCUT2D eigenvalue weighted by atomic mass is 16.5. The Kier molecular flexibility index (Phi) is 3.65. The molecule has 0 aliphatic carbocycles. The van der Waals surface area contributed by atoms with Crippen LogP contribution >= 0.6 is 0 Å². The van der Waals surface area contributed by atoms with Gasteiger partial charge in [-0.05, 0) is 24.3 Å². The van der Waals surface area contributed by atoms with Crippen LogP contribution in [0, 0.1) is 0 Å². The predicted octanol–water partition coefficient (Wildman–Crippen LogP) is 3.02. The average molecular weight is 297 g/mol. The first-order valence-corrected chi connectivity index (χ1v) is 6.62. The second-order valence-corrected chi connectivity index (χ2v) is 4.53. The molecule has 0 spiro atoms. The first-order chi connectivity index (χ1) is 10.7. The van der Waals surface area contributed by atoms with Crippen LogP contribution < -0.4 is 19.9 Å². The average Bonchev–Trinajstić information content (AvgIpc) is 2.56. The fraction of sp³-hybridized carbons (Fsp3) is 0.125. The van der Waals surface area contributed by atoms with Crippen LogP contribution in [0.2, 0.25) is 0 Å². The molecule has 0 fully saturated rings. The van der Waals surface area contributed by atoms with Crippen LogP contribution in [-0.2, 0) is 0 Å². The van der Waals surface area contributed by atoms with Crippen molar-refractivity contribution in [3.05, 3.63) is 42.7 Å². The van der Waals surface area contributed by atoms with E-state index >= 15 is 0 Å². The van der Waals surface area contributed by atoms with Gasteiger partial charge in [0.05, 0.1) is 25.4 Å². The minimum Gasteiger partial charge on any atom is -0.493 e. The van der Waals surface area contributed by atoms with Crippen molar-refractivity contribution in [1.29, 1.82) is 0 Å².